The molecule has 0 unspecified atom stereocenters. The summed E-state index contributed by atoms with van der Waals surface area (Å²) in [5.41, 5.74) is 0.486. The Balaban J connectivity index is 2.41. The molecule has 24 heavy (non-hydrogen) atoms. The first kappa shape index (κ1) is 18.2. The van der Waals surface area contributed by atoms with Gasteiger partial charge in [-0.3, -0.25) is 9.59 Å². The second-order valence-electron chi connectivity index (χ2n) is 6.46. The quantitative estimate of drug-likeness (QED) is 0.716. The Hall–Kier alpha value is -2.14. The molecule has 0 fully saturated rings. The molecule has 0 aliphatic heterocycles. The molecule has 0 heterocycles. The van der Waals surface area contributed by atoms with E-state index in [2.05, 4.69) is 15.9 Å². The van der Waals surface area contributed by atoms with E-state index in [9.17, 15) is 9.59 Å². The number of halogens is 1. The second-order valence-corrected chi connectivity index (χ2v) is 7.32. The van der Waals surface area contributed by atoms with E-state index in [4.69, 9.17) is 0 Å². The Morgan fingerprint density at radius 1 is 0.875 bits per heavy atom. The zero-order chi connectivity index (χ0) is 17.9. The smallest absolute Gasteiger partial charge is 0.267 e. The molecule has 2 aromatic carbocycles. The van der Waals surface area contributed by atoms with E-state index in [-0.39, 0.29) is 11.8 Å². The van der Waals surface area contributed by atoms with E-state index in [0.717, 1.165) is 0 Å². The number of nitrogens with zero attached hydrogens (tertiary/aromatic N) is 2. The highest BCUT2D eigenvalue weighted by Crippen LogP contribution is 2.24. The number of amides is 2. The lowest BCUT2D eigenvalue weighted by Crippen LogP contribution is -2.56. The molecule has 0 aliphatic carbocycles. The molecule has 0 aromatic heterocycles. The largest absolute Gasteiger partial charge is 0.274 e. The number of hydrazine groups is 1. The fourth-order valence-electron chi connectivity index (χ4n) is 2.50. The highest BCUT2D eigenvalue weighted by molar-refractivity contribution is 9.10. The van der Waals surface area contributed by atoms with Gasteiger partial charge in [-0.25, -0.2) is 10.0 Å². The van der Waals surface area contributed by atoms with Crippen LogP contribution >= 0.6 is 15.9 Å². The summed E-state index contributed by atoms with van der Waals surface area (Å²) in [6.07, 6.45) is 0. The van der Waals surface area contributed by atoms with Crippen molar-refractivity contribution in [3.8, 4) is 0 Å². The van der Waals surface area contributed by atoms with Gasteiger partial charge in [0.2, 0.25) is 0 Å². The van der Waals surface area contributed by atoms with E-state index in [1.807, 2.05) is 39.0 Å². The van der Waals surface area contributed by atoms with Crippen molar-refractivity contribution in [2.24, 2.45) is 0 Å². The lowest BCUT2D eigenvalue weighted by molar-refractivity contribution is -0.0308. The highest BCUT2D eigenvalue weighted by Gasteiger charge is 2.34. The molecule has 0 N–H and O–H groups in total. The van der Waals surface area contributed by atoms with Gasteiger partial charge in [-0.1, -0.05) is 30.3 Å². The maximum Gasteiger partial charge on any atom is 0.274 e. The first-order chi connectivity index (χ1) is 11.2. The number of benzene rings is 2. The maximum atomic E-state index is 13.1. The van der Waals surface area contributed by atoms with Crippen LogP contribution in [0.4, 0.5) is 0 Å². The molecule has 0 bridgehead atoms. The molecule has 0 aliphatic rings. The molecule has 126 valence electrons. The molecule has 2 rings (SSSR count). The second kappa shape index (κ2) is 7.18. The Labute approximate surface area is 151 Å². The van der Waals surface area contributed by atoms with Crippen molar-refractivity contribution < 1.29 is 9.59 Å². The van der Waals surface area contributed by atoms with Crippen molar-refractivity contribution in [1.29, 1.82) is 0 Å². The monoisotopic (exact) mass is 388 g/mol. The van der Waals surface area contributed by atoms with Gasteiger partial charge in [-0.05, 0) is 61.0 Å². The van der Waals surface area contributed by atoms with E-state index in [0.29, 0.717) is 15.6 Å². The van der Waals surface area contributed by atoms with Crippen LogP contribution < -0.4 is 0 Å². The van der Waals surface area contributed by atoms with Crippen LogP contribution in [-0.2, 0) is 0 Å². The number of hydrogen-bond acceptors (Lipinski definition) is 2. The van der Waals surface area contributed by atoms with Crippen LogP contribution in [-0.4, -0.2) is 34.4 Å². The molecule has 0 atom stereocenters. The molecule has 5 heteroatoms. The van der Waals surface area contributed by atoms with Crippen molar-refractivity contribution in [2.45, 2.75) is 26.3 Å². The van der Waals surface area contributed by atoms with Crippen LogP contribution in [0, 0.1) is 0 Å². The average molecular weight is 389 g/mol. The molecule has 0 saturated carbocycles. The minimum atomic E-state index is -0.564. The van der Waals surface area contributed by atoms with Crippen LogP contribution in [0.2, 0.25) is 0 Å². The number of hydrogen-bond donors (Lipinski definition) is 0. The van der Waals surface area contributed by atoms with Crippen LogP contribution in [0.25, 0.3) is 0 Å². The minimum absolute atomic E-state index is 0.231. The molecule has 0 spiro atoms. The van der Waals surface area contributed by atoms with Gasteiger partial charge >= 0.3 is 0 Å². The molecule has 0 radical (unpaired) electrons. The Morgan fingerprint density at radius 2 is 1.42 bits per heavy atom. The van der Waals surface area contributed by atoms with E-state index >= 15 is 0 Å². The first-order valence-corrected chi connectivity index (χ1v) is 8.45. The zero-order valence-corrected chi connectivity index (χ0v) is 15.9. The summed E-state index contributed by atoms with van der Waals surface area (Å²) in [5.74, 6) is -0.465. The summed E-state index contributed by atoms with van der Waals surface area (Å²) in [5, 5.41) is 2.87. The SMILES string of the molecule is CN(C(=O)c1ccccc1)N(C(=O)c1ccccc1Br)C(C)(C)C. The third-order valence-electron chi connectivity index (χ3n) is 3.55. The van der Waals surface area contributed by atoms with Crippen LogP contribution in [0.1, 0.15) is 41.5 Å². The summed E-state index contributed by atoms with van der Waals surface area (Å²) >= 11 is 3.41. The molecule has 2 aromatic rings. The predicted molar refractivity (Wildman–Crippen MR) is 98.6 cm³/mol. The Morgan fingerprint density at radius 3 is 1.96 bits per heavy atom. The Kier molecular flexibility index (Phi) is 5.44. The van der Waals surface area contributed by atoms with Crippen LogP contribution in [0.5, 0.6) is 0 Å². The summed E-state index contributed by atoms with van der Waals surface area (Å²) < 4.78 is 0.699. The number of rotatable bonds is 2. The van der Waals surface area contributed by atoms with Gasteiger partial charge < -0.3 is 0 Å². The van der Waals surface area contributed by atoms with Gasteiger partial charge in [-0.2, -0.15) is 0 Å². The lowest BCUT2D eigenvalue weighted by atomic mass is 10.1. The van der Waals surface area contributed by atoms with Crippen molar-refractivity contribution in [1.82, 2.24) is 10.0 Å². The highest BCUT2D eigenvalue weighted by atomic mass is 79.9. The topological polar surface area (TPSA) is 40.6 Å². The van der Waals surface area contributed by atoms with E-state index in [1.54, 1.807) is 43.4 Å². The van der Waals surface area contributed by atoms with Crippen molar-refractivity contribution >= 4 is 27.7 Å². The van der Waals surface area contributed by atoms with E-state index < -0.39 is 5.54 Å². The van der Waals surface area contributed by atoms with E-state index in [1.165, 1.54) is 10.0 Å². The molecular weight excluding hydrogens is 368 g/mol. The zero-order valence-electron chi connectivity index (χ0n) is 14.3. The van der Waals surface area contributed by atoms with Crippen molar-refractivity contribution in [3.63, 3.8) is 0 Å². The van der Waals surface area contributed by atoms with Gasteiger partial charge in [0.15, 0.2) is 0 Å². The molecule has 4 nitrogen and oxygen atoms in total. The fraction of sp³-hybridized carbons (Fsp3) is 0.263. The van der Waals surface area contributed by atoms with Gasteiger partial charge in [0, 0.05) is 17.1 Å². The first-order valence-electron chi connectivity index (χ1n) is 7.65. The molecule has 2 amide bonds. The lowest BCUT2D eigenvalue weighted by Gasteiger charge is -2.41. The standard InChI is InChI=1S/C19H21BrN2O2/c1-19(2,3)22(18(24)15-12-8-9-13-16(15)20)21(4)17(23)14-10-6-5-7-11-14/h5-13H,1-4H3. The van der Waals surface area contributed by atoms with Gasteiger partial charge in [0.1, 0.15) is 0 Å². The maximum absolute atomic E-state index is 13.1. The predicted octanol–water partition coefficient (Wildman–Crippen LogP) is 4.38. The van der Waals surface area contributed by atoms with Crippen molar-refractivity contribution in [3.05, 3.63) is 70.2 Å². The average Bonchev–Trinajstić information content (AvgIpc) is 2.54. The van der Waals surface area contributed by atoms with Gasteiger partial charge in [-0.15, -0.1) is 0 Å². The van der Waals surface area contributed by atoms with Gasteiger partial charge in [0.05, 0.1) is 11.1 Å². The third-order valence-corrected chi connectivity index (χ3v) is 4.24. The summed E-state index contributed by atoms with van der Waals surface area (Å²) in [4.78, 5) is 25.9. The summed E-state index contributed by atoms with van der Waals surface area (Å²) in [7, 11) is 1.62. The van der Waals surface area contributed by atoms with Crippen LogP contribution in [0.15, 0.2) is 59.1 Å². The number of carbonyl (C=O) groups excluding carboxylic acids is 2. The summed E-state index contributed by atoms with van der Waals surface area (Å²) in [6.45, 7) is 5.70. The Bertz CT molecular complexity index is 739. The molecular formula is C19H21BrN2O2. The summed E-state index contributed by atoms with van der Waals surface area (Å²) in [6, 6.07) is 16.1. The number of carbonyl (C=O) groups is 2. The van der Waals surface area contributed by atoms with Crippen LogP contribution in [0.3, 0.4) is 0 Å². The molecule has 0 saturated heterocycles. The van der Waals surface area contributed by atoms with Gasteiger partial charge in [0.25, 0.3) is 11.8 Å². The minimum Gasteiger partial charge on any atom is -0.267 e. The van der Waals surface area contributed by atoms with Crippen molar-refractivity contribution in [2.75, 3.05) is 7.05 Å². The third kappa shape index (κ3) is 3.85. The normalized spacial score (nSPS) is 11.0. The fourth-order valence-corrected chi connectivity index (χ4v) is 2.95.